The van der Waals surface area contributed by atoms with Crippen molar-refractivity contribution >= 4 is 40.4 Å². The van der Waals surface area contributed by atoms with Crippen molar-refractivity contribution in [3.05, 3.63) is 59.5 Å². The zero-order valence-electron chi connectivity index (χ0n) is 18.5. The number of carbonyl (C=O) groups excluding carboxylic acids is 3. The third-order valence-corrected chi connectivity index (χ3v) is 6.27. The molecule has 0 saturated carbocycles. The Kier molecular flexibility index (Phi) is 7.17. The molecule has 2 amide bonds. The molecule has 3 aromatic rings. The van der Waals surface area contributed by atoms with Gasteiger partial charge in [0.15, 0.2) is 23.0 Å². The summed E-state index contributed by atoms with van der Waals surface area (Å²) in [6.07, 6.45) is 3.47. The van der Waals surface area contributed by atoms with Crippen LogP contribution in [-0.4, -0.2) is 42.9 Å². The summed E-state index contributed by atoms with van der Waals surface area (Å²) >= 11 is 1.29. The number of aromatic nitrogens is 1. The molecule has 0 bridgehead atoms. The average molecular weight is 483 g/mol. The van der Waals surface area contributed by atoms with Crippen molar-refractivity contribution in [2.45, 2.75) is 19.8 Å². The summed E-state index contributed by atoms with van der Waals surface area (Å²) in [5, 5.41) is 5.31. The molecule has 176 valence electrons. The lowest BCUT2D eigenvalue weighted by molar-refractivity contribution is 0.102. The molecule has 1 saturated heterocycles. The molecule has 2 aromatic carbocycles. The monoisotopic (exact) mass is 482 g/mol. The first kappa shape index (κ1) is 23.4. The Morgan fingerprint density at radius 1 is 1.24 bits per heavy atom. The predicted molar refractivity (Wildman–Crippen MR) is 128 cm³/mol. The first-order chi connectivity index (χ1) is 16.5. The number of carbonyl (C=O) groups is 3. The molecular formula is C24H23FN4O4S. The van der Waals surface area contributed by atoms with E-state index in [4.69, 9.17) is 4.74 Å². The van der Waals surface area contributed by atoms with Gasteiger partial charge in [0.25, 0.3) is 5.91 Å². The fourth-order valence-corrected chi connectivity index (χ4v) is 4.49. The standard InChI is InChI=1S/C24H23FN4O4S/c1-2-26-24(32)33-21-17(14-30)10-16(12-19(21)25)22(31)28-23-27-13-20(34-23)15-6-5-7-18(11-15)29-8-3-4-9-29/h5-7,10-14H,2-4,8-9H2,1H3,(H,26,32)(H,27,28,31). The Morgan fingerprint density at radius 2 is 2.03 bits per heavy atom. The first-order valence-corrected chi connectivity index (χ1v) is 11.7. The second-order valence-corrected chi connectivity index (χ2v) is 8.67. The normalized spacial score (nSPS) is 12.9. The van der Waals surface area contributed by atoms with E-state index < -0.39 is 23.6 Å². The largest absolute Gasteiger partial charge is 0.412 e. The molecule has 1 aromatic heterocycles. The van der Waals surface area contributed by atoms with Gasteiger partial charge in [-0.2, -0.15) is 0 Å². The Labute approximate surface area is 199 Å². The minimum absolute atomic E-state index is 0.101. The summed E-state index contributed by atoms with van der Waals surface area (Å²) in [7, 11) is 0. The number of benzene rings is 2. The molecule has 2 N–H and O–H groups in total. The van der Waals surface area contributed by atoms with E-state index in [2.05, 4.69) is 32.7 Å². The highest BCUT2D eigenvalue weighted by molar-refractivity contribution is 7.19. The SMILES string of the molecule is CCNC(=O)Oc1c(F)cc(C(=O)Nc2ncc(-c3cccc(N4CCCC4)c3)s2)cc1C=O. The van der Waals surface area contributed by atoms with Crippen molar-refractivity contribution in [1.82, 2.24) is 10.3 Å². The first-order valence-electron chi connectivity index (χ1n) is 10.9. The van der Waals surface area contributed by atoms with Gasteiger partial charge >= 0.3 is 6.09 Å². The molecule has 4 rings (SSSR count). The van der Waals surface area contributed by atoms with E-state index >= 15 is 0 Å². The molecule has 0 unspecified atom stereocenters. The van der Waals surface area contributed by atoms with Gasteiger partial charge < -0.3 is 15.0 Å². The number of ether oxygens (including phenoxy) is 1. The molecule has 10 heteroatoms. The van der Waals surface area contributed by atoms with Crippen LogP contribution in [0.4, 0.5) is 20.0 Å². The van der Waals surface area contributed by atoms with Gasteiger partial charge in [-0.05, 0) is 49.6 Å². The van der Waals surface area contributed by atoms with Crippen LogP contribution in [0.25, 0.3) is 10.4 Å². The average Bonchev–Trinajstić information content (AvgIpc) is 3.53. The minimum atomic E-state index is -1.00. The van der Waals surface area contributed by atoms with Gasteiger partial charge in [-0.3, -0.25) is 14.9 Å². The quantitative estimate of drug-likeness (QED) is 0.473. The molecule has 0 radical (unpaired) electrons. The fourth-order valence-electron chi connectivity index (χ4n) is 3.68. The van der Waals surface area contributed by atoms with Crippen LogP contribution in [-0.2, 0) is 0 Å². The van der Waals surface area contributed by atoms with E-state index in [1.54, 1.807) is 13.1 Å². The Bertz CT molecular complexity index is 1220. The van der Waals surface area contributed by atoms with E-state index in [-0.39, 0.29) is 17.7 Å². The maximum atomic E-state index is 14.5. The van der Waals surface area contributed by atoms with E-state index in [0.29, 0.717) is 11.4 Å². The summed E-state index contributed by atoms with van der Waals surface area (Å²) in [5.41, 5.74) is 1.79. The zero-order chi connectivity index (χ0) is 24.1. The van der Waals surface area contributed by atoms with Gasteiger partial charge in [-0.15, -0.1) is 0 Å². The highest BCUT2D eigenvalue weighted by Gasteiger charge is 2.20. The Hall–Kier alpha value is -3.79. The number of nitrogens with one attached hydrogen (secondary N) is 2. The maximum absolute atomic E-state index is 14.5. The van der Waals surface area contributed by atoms with Crippen molar-refractivity contribution in [2.75, 3.05) is 29.9 Å². The molecule has 8 nitrogen and oxygen atoms in total. The van der Waals surface area contributed by atoms with Gasteiger partial charge in [0.05, 0.1) is 10.4 Å². The van der Waals surface area contributed by atoms with Crippen LogP contribution >= 0.6 is 11.3 Å². The van der Waals surface area contributed by atoms with E-state index in [1.165, 1.54) is 24.2 Å². The smallest absolute Gasteiger partial charge is 0.406 e. The number of halogens is 1. The van der Waals surface area contributed by atoms with Crippen molar-refractivity contribution in [2.24, 2.45) is 0 Å². The lowest BCUT2D eigenvalue weighted by atomic mass is 10.1. The number of aldehydes is 1. The van der Waals surface area contributed by atoms with Crippen molar-refractivity contribution in [3.8, 4) is 16.2 Å². The lowest BCUT2D eigenvalue weighted by Crippen LogP contribution is -2.27. The van der Waals surface area contributed by atoms with Gasteiger partial charge in [0, 0.05) is 37.1 Å². The molecule has 2 heterocycles. The molecule has 0 aliphatic carbocycles. The Balaban J connectivity index is 1.50. The van der Waals surface area contributed by atoms with Crippen LogP contribution in [0, 0.1) is 5.82 Å². The van der Waals surface area contributed by atoms with Gasteiger partial charge in [-0.1, -0.05) is 23.5 Å². The number of nitrogens with zero attached hydrogens (tertiary/aromatic N) is 2. The summed E-state index contributed by atoms with van der Waals surface area (Å²) in [6.45, 7) is 4.02. The van der Waals surface area contributed by atoms with Crippen molar-refractivity contribution in [3.63, 3.8) is 0 Å². The van der Waals surface area contributed by atoms with Crippen molar-refractivity contribution in [1.29, 1.82) is 0 Å². The maximum Gasteiger partial charge on any atom is 0.412 e. The second-order valence-electron chi connectivity index (χ2n) is 7.64. The predicted octanol–water partition coefficient (Wildman–Crippen LogP) is 4.72. The lowest BCUT2D eigenvalue weighted by Gasteiger charge is -2.18. The minimum Gasteiger partial charge on any atom is -0.406 e. The Morgan fingerprint density at radius 3 is 2.76 bits per heavy atom. The number of amides is 2. The molecule has 34 heavy (non-hydrogen) atoms. The van der Waals surface area contributed by atoms with Crippen LogP contribution in [0.5, 0.6) is 5.75 Å². The van der Waals surface area contributed by atoms with Crippen LogP contribution in [0.1, 0.15) is 40.5 Å². The van der Waals surface area contributed by atoms with Gasteiger partial charge in [0.2, 0.25) is 0 Å². The number of anilines is 2. The summed E-state index contributed by atoms with van der Waals surface area (Å²) in [4.78, 5) is 43.2. The van der Waals surface area contributed by atoms with Crippen molar-refractivity contribution < 1.29 is 23.5 Å². The third-order valence-electron chi connectivity index (χ3n) is 5.31. The summed E-state index contributed by atoms with van der Waals surface area (Å²) in [6, 6.07) is 10.2. The molecule has 0 spiro atoms. The molecule has 1 fully saturated rings. The highest BCUT2D eigenvalue weighted by Crippen LogP contribution is 2.32. The van der Waals surface area contributed by atoms with Crippen LogP contribution < -0.4 is 20.3 Å². The highest BCUT2D eigenvalue weighted by atomic mass is 32.1. The number of hydrogen-bond donors (Lipinski definition) is 2. The number of thiazole rings is 1. The van der Waals surface area contributed by atoms with Gasteiger partial charge in [0.1, 0.15) is 0 Å². The third kappa shape index (κ3) is 5.23. The second kappa shape index (κ2) is 10.4. The molecule has 1 aliphatic rings. The summed E-state index contributed by atoms with van der Waals surface area (Å²) in [5.74, 6) is -2.18. The van der Waals surface area contributed by atoms with E-state index in [9.17, 15) is 18.8 Å². The van der Waals surface area contributed by atoms with Crippen LogP contribution in [0.15, 0.2) is 42.6 Å². The fraction of sp³-hybridized carbons (Fsp3) is 0.250. The van der Waals surface area contributed by atoms with E-state index in [0.717, 1.165) is 41.4 Å². The number of hydrogen-bond acceptors (Lipinski definition) is 7. The number of rotatable bonds is 7. The molecule has 0 atom stereocenters. The van der Waals surface area contributed by atoms with Crippen LogP contribution in [0.2, 0.25) is 0 Å². The van der Waals surface area contributed by atoms with Gasteiger partial charge in [-0.25, -0.2) is 14.2 Å². The summed E-state index contributed by atoms with van der Waals surface area (Å²) < 4.78 is 19.4. The topological polar surface area (TPSA) is 101 Å². The zero-order valence-corrected chi connectivity index (χ0v) is 19.3. The van der Waals surface area contributed by atoms with E-state index in [1.807, 2.05) is 12.1 Å². The molecular weight excluding hydrogens is 459 g/mol. The van der Waals surface area contributed by atoms with Crippen LogP contribution in [0.3, 0.4) is 0 Å². The molecule has 1 aliphatic heterocycles.